The van der Waals surface area contributed by atoms with Crippen molar-refractivity contribution < 1.29 is 14.7 Å². The van der Waals surface area contributed by atoms with Crippen molar-refractivity contribution in [3.63, 3.8) is 0 Å². The number of hydrogen-bond donors (Lipinski definition) is 3. The summed E-state index contributed by atoms with van der Waals surface area (Å²) in [5.41, 5.74) is 3.85. The maximum Gasteiger partial charge on any atom is 0.252 e. The van der Waals surface area contributed by atoms with Gasteiger partial charge in [0.1, 0.15) is 6.04 Å². The molecule has 2 aromatic rings. The largest absolute Gasteiger partial charge is 0.391 e. The standard InChI is InChI=1S/C21H26N2O3/c1-4-5-15-6-8-16(9-7-15)17-10-12-18(13-11-17)20(25)23-19(14(2)24)21(26)22-3/h6-14,19,24H,4-5H2,1-3H3,(H,22,26)(H,23,25)/t14-,19+/m1/s1. The van der Waals surface area contributed by atoms with Crippen LogP contribution in [-0.2, 0) is 11.2 Å². The Morgan fingerprint density at radius 2 is 1.54 bits per heavy atom. The van der Waals surface area contributed by atoms with Gasteiger partial charge in [0, 0.05) is 12.6 Å². The third-order valence-electron chi connectivity index (χ3n) is 4.27. The number of carbonyl (C=O) groups excluding carboxylic acids is 2. The zero-order valence-electron chi connectivity index (χ0n) is 15.5. The molecule has 5 nitrogen and oxygen atoms in total. The molecule has 5 heteroatoms. The molecule has 0 aromatic heterocycles. The van der Waals surface area contributed by atoms with Crippen LogP contribution in [0.1, 0.15) is 36.2 Å². The molecular formula is C21H26N2O3. The lowest BCUT2D eigenvalue weighted by molar-refractivity contribution is -0.124. The van der Waals surface area contributed by atoms with Gasteiger partial charge in [-0.05, 0) is 42.2 Å². The number of amides is 2. The summed E-state index contributed by atoms with van der Waals surface area (Å²) < 4.78 is 0. The number of aryl methyl sites for hydroxylation is 1. The van der Waals surface area contributed by atoms with Crippen LogP contribution in [0, 0.1) is 0 Å². The Morgan fingerprint density at radius 1 is 1.00 bits per heavy atom. The van der Waals surface area contributed by atoms with E-state index in [1.165, 1.54) is 19.5 Å². The van der Waals surface area contributed by atoms with Crippen LogP contribution in [0.25, 0.3) is 11.1 Å². The van der Waals surface area contributed by atoms with Crippen LogP contribution in [0.3, 0.4) is 0 Å². The summed E-state index contributed by atoms with van der Waals surface area (Å²) in [5.74, 6) is -0.832. The number of aliphatic hydroxyl groups excluding tert-OH is 1. The van der Waals surface area contributed by atoms with Crippen molar-refractivity contribution in [2.24, 2.45) is 0 Å². The van der Waals surface area contributed by atoms with E-state index >= 15 is 0 Å². The smallest absolute Gasteiger partial charge is 0.252 e. The maximum atomic E-state index is 12.3. The van der Waals surface area contributed by atoms with Gasteiger partial charge in [-0.25, -0.2) is 0 Å². The number of likely N-dealkylation sites (N-methyl/N-ethyl adjacent to an activating group) is 1. The molecular weight excluding hydrogens is 328 g/mol. The number of hydrogen-bond acceptors (Lipinski definition) is 3. The van der Waals surface area contributed by atoms with Crippen LogP contribution < -0.4 is 10.6 Å². The topological polar surface area (TPSA) is 78.4 Å². The van der Waals surface area contributed by atoms with Gasteiger partial charge in [0.05, 0.1) is 6.10 Å². The summed E-state index contributed by atoms with van der Waals surface area (Å²) in [6, 6.07) is 14.6. The van der Waals surface area contributed by atoms with E-state index in [0.717, 1.165) is 24.0 Å². The molecule has 0 unspecified atom stereocenters. The van der Waals surface area contributed by atoms with Crippen molar-refractivity contribution in [3.05, 3.63) is 59.7 Å². The first-order valence-corrected chi connectivity index (χ1v) is 8.86. The molecule has 0 saturated heterocycles. The molecule has 26 heavy (non-hydrogen) atoms. The highest BCUT2D eigenvalue weighted by atomic mass is 16.3. The van der Waals surface area contributed by atoms with Crippen molar-refractivity contribution in [3.8, 4) is 11.1 Å². The monoisotopic (exact) mass is 354 g/mol. The number of nitrogens with one attached hydrogen (secondary N) is 2. The van der Waals surface area contributed by atoms with E-state index in [1.54, 1.807) is 12.1 Å². The van der Waals surface area contributed by atoms with Crippen LogP contribution in [0.2, 0.25) is 0 Å². The Kier molecular flexibility index (Phi) is 6.92. The van der Waals surface area contributed by atoms with Gasteiger partial charge in [0.25, 0.3) is 5.91 Å². The van der Waals surface area contributed by atoms with Crippen LogP contribution in [0.15, 0.2) is 48.5 Å². The normalized spacial score (nSPS) is 12.9. The quantitative estimate of drug-likeness (QED) is 0.715. The summed E-state index contributed by atoms with van der Waals surface area (Å²) in [5, 5.41) is 14.7. The molecule has 0 radical (unpaired) electrons. The second kappa shape index (κ2) is 9.15. The molecule has 0 fully saturated rings. The summed E-state index contributed by atoms with van der Waals surface area (Å²) in [6.45, 7) is 3.62. The summed E-state index contributed by atoms with van der Waals surface area (Å²) in [7, 11) is 1.46. The van der Waals surface area contributed by atoms with Gasteiger partial charge >= 0.3 is 0 Å². The van der Waals surface area contributed by atoms with E-state index in [9.17, 15) is 14.7 Å². The second-order valence-electron chi connectivity index (χ2n) is 6.33. The molecule has 0 aliphatic heterocycles. The van der Waals surface area contributed by atoms with Crippen molar-refractivity contribution in [2.45, 2.75) is 38.8 Å². The molecule has 0 saturated carbocycles. The molecule has 0 heterocycles. The summed E-state index contributed by atoms with van der Waals surface area (Å²) >= 11 is 0. The van der Waals surface area contributed by atoms with E-state index in [2.05, 4.69) is 41.8 Å². The molecule has 0 aliphatic rings. The van der Waals surface area contributed by atoms with Gasteiger partial charge in [-0.2, -0.15) is 0 Å². The fourth-order valence-corrected chi connectivity index (χ4v) is 2.75. The summed E-state index contributed by atoms with van der Waals surface area (Å²) in [4.78, 5) is 24.1. The highest BCUT2D eigenvalue weighted by molar-refractivity contribution is 5.98. The Labute approximate surface area is 154 Å². The maximum absolute atomic E-state index is 12.3. The molecule has 2 atom stereocenters. The minimum atomic E-state index is -0.988. The third kappa shape index (κ3) is 4.92. The fourth-order valence-electron chi connectivity index (χ4n) is 2.75. The van der Waals surface area contributed by atoms with E-state index < -0.39 is 24.0 Å². The van der Waals surface area contributed by atoms with Gasteiger partial charge in [-0.15, -0.1) is 0 Å². The Bertz CT molecular complexity index is 737. The highest BCUT2D eigenvalue weighted by Gasteiger charge is 2.25. The van der Waals surface area contributed by atoms with Crippen molar-refractivity contribution in [1.82, 2.24) is 10.6 Å². The minimum Gasteiger partial charge on any atom is -0.391 e. The van der Waals surface area contributed by atoms with Gasteiger partial charge in [-0.3, -0.25) is 9.59 Å². The molecule has 0 bridgehead atoms. The molecule has 2 amide bonds. The molecule has 0 spiro atoms. The first kappa shape index (κ1) is 19.7. The lowest BCUT2D eigenvalue weighted by atomic mass is 10.0. The average molecular weight is 354 g/mol. The molecule has 0 aliphatic carbocycles. The van der Waals surface area contributed by atoms with Crippen LogP contribution in [-0.4, -0.2) is 36.1 Å². The van der Waals surface area contributed by atoms with Gasteiger partial charge < -0.3 is 15.7 Å². The fraction of sp³-hybridized carbons (Fsp3) is 0.333. The van der Waals surface area contributed by atoms with E-state index in [-0.39, 0.29) is 0 Å². The number of rotatable bonds is 7. The summed E-state index contributed by atoms with van der Waals surface area (Å²) in [6.07, 6.45) is 1.20. The first-order chi connectivity index (χ1) is 12.5. The van der Waals surface area contributed by atoms with Gasteiger partial charge in [0.2, 0.25) is 5.91 Å². The van der Waals surface area contributed by atoms with E-state index in [4.69, 9.17) is 0 Å². The van der Waals surface area contributed by atoms with Crippen molar-refractivity contribution in [1.29, 1.82) is 0 Å². The predicted molar refractivity (Wildman–Crippen MR) is 103 cm³/mol. The van der Waals surface area contributed by atoms with Gasteiger partial charge in [0.15, 0.2) is 0 Å². The van der Waals surface area contributed by atoms with Crippen LogP contribution in [0.5, 0.6) is 0 Å². The van der Waals surface area contributed by atoms with Crippen molar-refractivity contribution >= 4 is 11.8 Å². The first-order valence-electron chi connectivity index (χ1n) is 8.86. The van der Waals surface area contributed by atoms with Crippen LogP contribution in [0.4, 0.5) is 0 Å². The number of benzene rings is 2. The zero-order valence-corrected chi connectivity index (χ0v) is 15.5. The molecule has 138 valence electrons. The number of carbonyl (C=O) groups is 2. The second-order valence-corrected chi connectivity index (χ2v) is 6.33. The molecule has 3 N–H and O–H groups in total. The molecule has 2 rings (SSSR count). The SMILES string of the molecule is CCCc1ccc(-c2ccc(C(=O)N[C@H](C(=O)NC)[C@@H](C)O)cc2)cc1. The Morgan fingerprint density at radius 3 is 2.00 bits per heavy atom. The van der Waals surface area contributed by atoms with Crippen LogP contribution >= 0.6 is 0 Å². The van der Waals surface area contributed by atoms with Crippen molar-refractivity contribution in [2.75, 3.05) is 7.05 Å². The third-order valence-corrected chi connectivity index (χ3v) is 4.27. The Balaban J connectivity index is 2.10. The Hall–Kier alpha value is -2.66. The van der Waals surface area contributed by atoms with E-state index in [0.29, 0.717) is 5.56 Å². The molecule has 2 aromatic carbocycles. The lowest BCUT2D eigenvalue weighted by Crippen LogP contribution is -2.51. The average Bonchev–Trinajstić information content (AvgIpc) is 2.66. The van der Waals surface area contributed by atoms with Gasteiger partial charge in [-0.1, -0.05) is 49.7 Å². The van der Waals surface area contributed by atoms with E-state index in [1.807, 2.05) is 12.1 Å². The highest BCUT2D eigenvalue weighted by Crippen LogP contribution is 2.21. The minimum absolute atomic E-state index is 0.399. The predicted octanol–water partition coefficient (Wildman–Crippen LogP) is 2.53. The number of aliphatic hydroxyl groups is 1. The lowest BCUT2D eigenvalue weighted by Gasteiger charge is -2.19. The zero-order chi connectivity index (χ0) is 19.1.